The first kappa shape index (κ1) is 15.1. The molecule has 1 fully saturated rings. The molecule has 1 aliphatic rings. The van der Waals surface area contributed by atoms with Crippen LogP contribution in [0.15, 0.2) is 23.1 Å². The van der Waals surface area contributed by atoms with Crippen molar-refractivity contribution in [2.45, 2.75) is 37.6 Å². The van der Waals surface area contributed by atoms with E-state index in [-0.39, 0.29) is 4.90 Å². The fraction of sp³-hybridized carbons (Fsp3) is 0.571. The summed E-state index contributed by atoms with van der Waals surface area (Å²) in [6, 6.07) is 5.26. The minimum Gasteiger partial charge on any atom is -0.397 e. The number of benzene rings is 1. The zero-order valence-electron chi connectivity index (χ0n) is 12.3. The number of hydrogen-bond acceptors (Lipinski definition) is 4. The minimum atomic E-state index is -3.44. The molecule has 0 saturated carbocycles. The molecule has 3 N–H and O–H groups in total. The third-order valence-corrected chi connectivity index (χ3v) is 5.44. The van der Waals surface area contributed by atoms with E-state index in [0.717, 1.165) is 25.1 Å². The molecule has 2 rings (SSSR count). The van der Waals surface area contributed by atoms with Crippen molar-refractivity contribution in [3.63, 3.8) is 0 Å². The van der Waals surface area contributed by atoms with Crippen molar-refractivity contribution in [3.05, 3.63) is 18.2 Å². The topological polar surface area (TPSA) is 75.4 Å². The molecule has 1 aromatic carbocycles. The van der Waals surface area contributed by atoms with E-state index in [4.69, 9.17) is 5.73 Å². The van der Waals surface area contributed by atoms with Crippen molar-refractivity contribution in [1.82, 2.24) is 4.72 Å². The number of nitrogens with zero attached hydrogens (tertiary/aromatic N) is 1. The highest BCUT2D eigenvalue weighted by molar-refractivity contribution is 7.89. The van der Waals surface area contributed by atoms with E-state index >= 15 is 0 Å². The summed E-state index contributed by atoms with van der Waals surface area (Å²) in [5, 5.41) is 0. The molecule has 6 heteroatoms. The van der Waals surface area contributed by atoms with Crippen molar-refractivity contribution in [1.29, 1.82) is 0 Å². The van der Waals surface area contributed by atoms with Crippen molar-refractivity contribution in [3.8, 4) is 0 Å². The summed E-state index contributed by atoms with van der Waals surface area (Å²) in [4.78, 5) is 2.47. The van der Waals surface area contributed by atoms with Crippen molar-refractivity contribution >= 4 is 21.4 Å². The van der Waals surface area contributed by atoms with E-state index in [1.54, 1.807) is 18.2 Å². The Morgan fingerprint density at radius 2 is 2.05 bits per heavy atom. The molecule has 2 unspecified atom stereocenters. The van der Waals surface area contributed by atoms with E-state index in [0.29, 0.717) is 17.6 Å². The molecule has 112 valence electrons. The third kappa shape index (κ3) is 2.91. The van der Waals surface area contributed by atoms with Gasteiger partial charge in [0.05, 0.1) is 16.3 Å². The van der Waals surface area contributed by atoms with Crippen molar-refractivity contribution in [2.24, 2.45) is 5.92 Å². The van der Waals surface area contributed by atoms with Crippen LogP contribution in [0.3, 0.4) is 0 Å². The van der Waals surface area contributed by atoms with Crippen LogP contribution >= 0.6 is 0 Å². The lowest BCUT2D eigenvalue weighted by Crippen LogP contribution is -2.40. The first-order chi connectivity index (χ1) is 9.35. The monoisotopic (exact) mass is 297 g/mol. The molecule has 0 bridgehead atoms. The highest BCUT2D eigenvalue weighted by atomic mass is 32.2. The summed E-state index contributed by atoms with van der Waals surface area (Å²) in [6.07, 6.45) is 2.20. The lowest BCUT2D eigenvalue weighted by atomic mass is 9.93. The number of sulfonamides is 1. The summed E-state index contributed by atoms with van der Waals surface area (Å²) < 4.78 is 26.2. The maximum absolute atomic E-state index is 11.9. The highest BCUT2D eigenvalue weighted by Gasteiger charge is 2.25. The molecular formula is C14H23N3O2S. The molecule has 2 atom stereocenters. The average molecular weight is 297 g/mol. The van der Waals surface area contributed by atoms with Gasteiger partial charge in [-0.15, -0.1) is 0 Å². The fourth-order valence-corrected chi connectivity index (χ4v) is 3.57. The lowest BCUT2D eigenvalue weighted by molar-refractivity contribution is 0.378. The van der Waals surface area contributed by atoms with Crippen LogP contribution in [0.4, 0.5) is 11.4 Å². The Morgan fingerprint density at radius 1 is 1.35 bits per heavy atom. The highest BCUT2D eigenvalue weighted by Crippen LogP contribution is 2.33. The molecule has 1 heterocycles. The second-order valence-corrected chi connectivity index (χ2v) is 7.49. The van der Waals surface area contributed by atoms with Gasteiger partial charge in [-0.3, -0.25) is 0 Å². The average Bonchev–Trinajstić information content (AvgIpc) is 2.40. The van der Waals surface area contributed by atoms with Gasteiger partial charge in [-0.1, -0.05) is 6.92 Å². The SMILES string of the molecule is CNS(=O)(=O)c1ccc(N)c(N2CCC(C)CC2C)c1. The first-order valence-electron chi connectivity index (χ1n) is 6.95. The van der Waals surface area contributed by atoms with E-state index < -0.39 is 10.0 Å². The van der Waals surface area contributed by atoms with Crippen LogP contribution in [0.1, 0.15) is 26.7 Å². The number of nitrogens with two attached hydrogens (primary N) is 1. The normalized spacial score (nSPS) is 23.9. The number of rotatable bonds is 3. The van der Waals surface area contributed by atoms with Gasteiger partial charge >= 0.3 is 0 Å². The Morgan fingerprint density at radius 3 is 2.65 bits per heavy atom. The van der Waals surface area contributed by atoms with Gasteiger partial charge in [0.2, 0.25) is 10.0 Å². The summed E-state index contributed by atoms with van der Waals surface area (Å²) in [7, 11) is -2.02. The van der Waals surface area contributed by atoms with Crippen molar-refractivity contribution < 1.29 is 8.42 Å². The van der Waals surface area contributed by atoms with Gasteiger partial charge in [-0.2, -0.15) is 0 Å². The predicted molar refractivity (Wildman–Crippen MR) is 82.3 cm³/mol. The van der Waals surface area contributed by atoms with E-state index in [9.17, 15) is 8.42 Å². The maximum atomic E-state index is 11.9. The molecule has 0 aromatic heterocycles. The Labute approximate surface area is 121 Å². The van der Waals surface area contributed by atoms with Gasteiger partial charge < -0.3 is 10.6 Å². The number of nitrogens with one attached hydrogen (secondary N) is 1. The molecule has 1 aromatic rings. The van der Waals surface area contributed by atoms with Gasteiger partial charge in [-0.25, -0.2) is 13.1 Å². The Kier molecular flexibility index (Phi) is 4.25. The first-order valence-corrected chi connectivity index (χ1v) is 8.43. The predicted octanol–water partition coefficient (Wildman–Crippen LogP) is 1.80. The summed E-state index contributed by atoms with van der Waals surface area (Å²) in [5.41, 5.74) is 7.49. The number of anilines is 2. The van der Waals surface area contributed by atoms with Crippen molar-refractivity contribution in [2.75, 3.05) is 24.2 Å². The number of nitrogen functional groups attached to an aromatic ring is 1. The molecular weight excluding hydrogens is 274 g/mol. The largest absolute Gasteiger partial charge is 0.397 e. The van der Waals surface area contributed by atoms with E-state index in [1.165, 1.54) is 7.05 Å². The smallest absolute Gasteiger partial charge is 0.240 e. The molecule has 0 spiro atoms. The number of piperidine rings is 1. The maximum Gasteiger partial charge on any atom is 0.240 e. The minimum absolute atomic E-state index is 0.259. The van der Waals surface area contributed by atoms with Crippen LogP contribution < -0.4 is 15.4 Å². The molecule has 5 nitrogen and oxygen atoms in total. The fourth-order valence-electron chi connectivity index (χ4n) is 2.82. The summed E-state index contributed by atoms with van der Waals surface area (Å²) in [5.74, 6) is 0.701. The molecule has 0 radical (unpaired) electrons. The van der Waals surface area contributed by atoms with Crippen LogP contribution in [0, 0.1) is 5.92 Å². The standard InChI is InChI=1S/C14H23N3O2S/c1-10-6-7-17(11(2)8-10)14-9-12(4-5-13(14)15)20(18,19)16-3/h4-5,9-11,16H,6-8,15H2,1-3H3. The Bertz CT molecular complexity index is 586. The van der Waals surface area contributed by atoms with E-state index in [1.807, 2.05) is 0 Å². The van der Waals surface area contributed by atoms with Crippen LogP contribution in [-0.2, 0) is 10.0 Å². The summed E-state index contributed by atoms with van der Waals surface area (Å²) in [6.45, 7) is 5.32. The third-order valence-electron chi connectivity index (χ3n) is 4.03. The molecule has 1 aliphatic heterocycles. The van der Waals surface area contributed by atoms with Crippen LogP contribution in [0.25, 0.3) is 0 Å². The molecule has 0 aliphatic carbocycles. The van der Waals surface area contributed by atoms with Gasteiger partial charge in [0.25, 0.3) is 0 Å². The molecule has 20 heavy (non-hydrogen) atoms. The summed E-state index contributed by atoms with van der Waals surface area (Å²) >= 11 is 0. The molecule has 1 saturated heterocycles. The van der Waals surface area contributed by atoms with Gasteiger partial charge in [0, 0.05) is 12.6 Å². The Balaban J connectivity index is 2.39. The van der Waals surface area contributed by atoms with Crippen LogP contribution in [0.5, 0.6) is 0 Å². The zero-order valence-corrected chi connectivity index (χ0v) is 13.1. The second-order valence-electron chi connectivity index (χ2n) is 5.60. The molecule has 0 amide bonds. The van der Waals surface area contributed by atoms with Crippen LogP contribution in [-0.4, -0.2) is 28.1 Å². The number of hydrogen-bond donors (Lipinski definition) is 2. The Hall–Kier alpha value is -1.27. The second kappa shape index (κ2) is 5.61. The lowest BCUT2D eigenvalue weighted by Gasteiger charge is -2.39. The van der Waals surface area contributed by atoms with Gasteiger partial charge in [0.15, 0.2) is 0 Å². The van der Waals surface area contributed by atoms with Gasteiger partial charge in [0.1, 0.15) is 0 Å². The quantitative estimate of drug-likeness (QED) is 0.834. The van der Waals surface area contributed by atoms with Gasteiger partial charge in [-0.05, 0) is 50.9 Å². The van der Waals surface area contributed by atoms with E-state index in [2.05, 4.69) is 23.5 Å². The zero-order chi connectivity index (χ0) is 14.9. The van der Waals surface area contributed by atoms with Crippen LogP contribution in [0.2, 0.25) is 0 Å².